The average Bonchev–Trinajstić information content (AvgIpc) is 2.41. The number of benzene rings is 1. The van der Waals surface area contributed by atoms with Gasteiger partial charge in [0.15, 0.2) is 6.61 Å². The highest BCUT2D eigenvalue weighted by Gasteiger charge is 2.07. The molecule has 2 N–H and O–H groups in total. The van der Waals surface area contributed by atoms with E-state index in [0.29, 0.717) is 26.2 Å². The number of rotatable bonds is 9. The van der Waals surface area contributed by atoms with Crippen molar-refractivity contribution in [2.45, 2.75) is 27.2 Å². The number of carbonyl (C=O) groups excluding carboxylic acids is 1. The molecule has 0 saturated heterocycles. The van der Waals surface area contributed by atoms with Gasteiger partial charge in [-0.3, -0.25) is 4.79 Å². The summed E-state index contributed by atoms with van der Waals surface area (Å²) in [6.07, 6.45) is 0.717. The maximum absolute atomic E-state index is 11.7. The zero-order valence-electron chi connectivity index (χ0n) is 13.1. The van der Waals surface area contributed by atoms with Crippen LogP contribution in [0, 0.1) is 20.8 Å². The van der Waals surface area contributed by atoms with Crippen LogP contribution >= 0.6 is 0 Å². The van der Waals surface area contributed by atoms with Gasteiger partial charge in [0.1, 0.15) is 5.75 Å². The van der Waals surface area contributed by atoms with E-state index in [9.17, 15) is 4.79 Å². The normalized spacial score (nSPS) is 10.5. The lowest BCUT2D eigenvalue weighted by Crippen LogP contribution is -2.30. The highest BCUT2D eigenvalue weighted by molar-refractivity contribution is 5.77. The standard InChI is InChI=1S/C16H25NO4/c1-12-9-13(2)16(14(3)10-12)21-11-15(19)17-5-4-7-20-8-6-18/h9-10,18H,4-8,11H2,1-3H3,(H,17,19). The lowest BCUT2D eigenvalue weighted by molar-refractivity contribution is -0.123. The van der Waals surface area contributed by atoms with Crippen molar-refractivity contribution < 1.29 is 19.4 Å². The van der Waals surface area contributed by atoms with Gasteiger partial charge in [0, 0.05) is 13.2 Å². The van der Waals surface area contributed by atoms with Crippen LogP contribution in [0.3, 0.4) is 0 Å². The number of hydrogen-bond acceptors (Lipinski definition) is 4. The Morgan fingerprint density at radius 3 is 2.48 bits per heavy atom. The molecule has 0 atom stereocenters. The van der Waals surface area contributed by atoms with E-state index in [-0.39, 0.29) is 19.1 Å². The molecule has 0 aliphatic carbocycles. The molecule has 0 radical (unpaired) electrons. The van der Waals surface area contributed by atoms with Crippen molar-refractivity contribution in [3.63, 3.8) is 0 Å². The van der Waals surface area contributed by atoms with Crippen molar-refractivity contribution in [1.82, 2.24) is 5.32 Å². The van der Waals surface area contributed by atoms with Crippen molar-refractivity contribution in [3.05, 3.63) is 28.8 Å². The SMILES string of the molecule is Cc1cc(C)c(OCC(=O)NCCCOCCO)c(C)c1. The summed E-state index contributed by atoms with van der Waals surface area (Å²) in [5, 5.41) is 11.3. The van der Waals surface area contributed by atoms with E-state index in [2.05, 4.69) is 5.32 Å². The molecule has 1 amide bonds. The molecule has 0 aliphatic heterocycles. The zero-order chi connectivity index (χ0) is 15.7. The van der Waals surface area contributed by atoms with E-state index < -0.39 is 0 Å². The Hall–Kier alpha value is -1.59. The Kier molecular flexibility index (Phi) is 7.79. The van der Waals surface area contributed by atoms with E-state index in [4.69, 9.17) is 14.6 Å². The summed E-state index contributed by atoms with van der Waals surface area (Å²) in [7, 11) is 0. The summed E-state index contributed by atoms with van der Waals surface area (Å²) in [4.78, 5) is 11.7. The molecule has 5 heteroatoms. The minimum atomic E-state index is -0.142. The van der Waals surface area contributed by atoms with Crippen molar-refractivity contribution in [2.24, 2.45) is 0 Å². The van der Waals surface area contributed by atoms with Crippen molar-refractivity contribution in [2.75, 3.05) is 33.0 Å². The molecule has 1 rings (SSSR count). The summed E-state index contributed by atoms with van der Waals surface area (Å²) in [5.41, 5.74) is 3.26. The number of amides is 1. The molecule has 1 aromatic rings. The van der Waals surface area contributed by atoms with Gasteiger partial charge in [0.2, 0.25) is 0 Å². The molecule has 0 heterocycles. The molecular weight excluding hydrogens is 270 g/mol. The summed E-state index contributed by atoms with van der Waals surface area (Å²) < 4.78 is 10.7. The van der Waals surface area contributed by atoms with Crippen molar-refractivity contribution in [3.8, 4) is 5.75 Å². The maximum atomic E-state index is 11.7. The van der Waals surface area contributed by atoms with E-state index in [0.717, 1.165) is 16.9 Å². The molecule has 0 bridgehead atoms. The first-order valence-electron chi connectivity index (χ1n) is 7.20. The van der Waals surface area contributed by atoms with Crippen LogP contribution in [-0.4, -0.2) is 44.0 Å². The predicted molar refractivity (Wildman–Crippen MR) is 81.7 cm³/mol. The van der Waals surface area contributed by atoms with Crippen LogP contribution in [-0.2, 0) is 9.53 Å². The smallest absolute Gasteiger partial charge is 0.257 e. The Bertz CT molecular complexity index is 437. The van der Waals surface area contributed by atoms with Crippen LogP contribution in [0.15, 0.2) is 12.1 Å². The number of nitrogens with one attached hydrogen (secondary N) is 1. The van der Waals surface area contributed by atoms with Gasteiger partial charge in [0.05, 0.1) is 13.2 Å². The van der Waals surface area contributed by atoms with Gasteiger partial charge < -0.3 is 19.9 Å². The molecule has 5 nitrogen and oxygen atoms in total. The van der Waals surface area contributed by atoms with Crippen LogP contribution in [0.25, 0.3) is 0 Å². The third-order valence-corrected chi connectivity index (χ3v) is 2.98. The molecule has 0 aromatic heterocycles. The quantitative estimate of drug-likeness (QED) is 0.678. The molecule has 0 aliphatic rings. The minimum Gasteiger partial charge on any atom is -0.483 e. The summed E-state index contributed by atoms with van der Waals surface area (Å²) in [5.74, 6) is 0.638. The summed E-state index contributed by atoms with van der Waals surface area (Å²) in [6, 6.07) is 4.08. The van der Waals surface area contributed by atoms with E-state index in [1.807, 2.05) is 32.9 Å². The lowest BCUT2D eigenvalue weighted by atomic mass is 10.1. The number of aliphatic hydroxyl groups excluding tert-OH is 1. The number of aliphatic hydroxyl groups is 1. The molecule has 21 heavy (non-hydrogen) atoms. The largest absolute Gasteiger partial charge is 0.483 e. The third-order valence-electron chi connectivity index (χ3n) is 2.98. The molecule has 0 spiro atoms. The van der Waals surface area contributed by atoms with Crippen molar-refractivity contribution >= 4 is 5.91 Å². The Morgan fingerprint density at radius 1 is 1.19 bits per heavy atom. The second-order valence-electron chi connectivity index (χ2n) is 5.06. The highest BCUT2D eigenvalue weighted by Crippen LogP contribution is 2.24. The number of ether oxygens (including phenoxy) is 2. The fourth-order valence-corrected chi connectivity index (χ4v) is 2.15. The zero-order valence-corrected chi connectivity index (χ0v) is 13.1. The van der Waals surface area contributed by atoms with Crippen LogP contribution in [0.4, 0.5) is 0 Å². The van der Waals surface area contributed by atoms with Gasteiger partial charge >= 0.3 is 0 Å². The van der Waals surface area contributed by atoms with Crippen molar-refractivity contribution in [1.29, 1.82) is 0 Å². The average molecular weight is 295 g/mol. The highest BCUT2D eigenvalue weighted by atomic mass is 16.5. The monoisotopic (exact) mass is 295 g/mol. The second-order valence-corrected chi connectivity index (χ2v) is 5.06. The topological polar surface area (TPSA) is 67.8 Å². The van der Waals surface area contributed by atoms with Crippen LogP contribution in [0.5, 0.6) is 5.75 Å². The van der Waals surface area contributed by atoms with E-state index in [1.54, 1.807) is 0 Å². The van der Waals surface area contributed by atoms with Crippen LogP contribution in [0.1, 0.15) is 23.1 Å². The lowest BCUT2D eigenvalue weighted by Gasteiger charge is -2.13. The first-order chi connectivity index (χ1) is 10.0. The second kappa shape index (κ2) is 9.37. The Labute approximate surface area is 126 Å². The number of aryl methyl sites for hydroxylation is 3. The maximum Gasteiger partial charge on any atom is 0.257 e. The fourth-order valence-electron chi connectivity index (χ4n) is 2.15. The summed E-state index contributed by atoms with van der Waals surface area (Å²) in [6.45, 7) is 7.44. The van der Waals surface area contributed by atoms with Gasteiger partial charge in [-0.15, -0.1) is 0 Å². The first-order valence-corrected chi connectivity index (χ1v) is 7.20. The van der Waals surface area contributed by atoms with Gasteiger partial charge in [-0.05, 0) is 38.3 Å². The summed E-state index contributed by atoms with van der Waals surface area (Å²) >= 11 is 0. The Morgan fingerprint density at radius 2 is 1.86 bits per heavy atom. The predicted octanol–water partition coefficient (Wildman–Crippen LogP) is 1.51. The molecule has 0 saturated carbocycles. The van der Waals surface area contributed by atoms with E-state index in [1.165, 1.54) is 5.56 Å². The molecule has 0 unspecified atom stereocenters. The number of hydrogen-bond donors (Lipinski definition) is 2. The molecular formula is C16H25NO4. The Balaban J connectivity index is 2.27. The molecule has 1 aromatic carbocycles. The molecule has 0 fully saturated rings. The van der Waals surface area contributed by atoms with E-state index >= 15 is 0 Å². The van der Waals surface area contributed by atoms with Crippen LogP contribution in [0.2, 0.25) is 0 Å². The van der Waals surface area contributed by atoms with Crippen LogP contribution < -0.4 is 10.1 Å². The number of carbonyl (C=O) groups is 1. The minimum absolute atomic E-state index is 0.0161. The molecule has 118 valence electrons. The van der Waals surface area contributed by atoms with Gasteiger partial charge in [0.25, 0.3) is 5.91 Å². The van der Waals surface area contributed by atoms with Gasteiger partial charge in [-0.2, -0.15) is 0 Å². The fraction of sp³-hybridized carbons (Fsp3) is 0.562. The van der Waals surface area contributed by atoms with Gasteiger partial charge in [-0.25, -0.2) is 0 Å². The van der Waals surface area contributed by atoms with Gasteiger partial charge in [-0.1, -0.05) is 17.7 Å². The first kappa shape index (κ1) is 17.5. The third kappa shape index (κ3) is 6.60.